The van der Waals surface area contributed by atoms with E-state index in [4.69, 9.17) is 9.52 Å². The van der Waals surface area contributed by atoms with E-state index in [0.29, 0.717) is 25.2 Å². The lowest BCUT2D eigenvalue weighted by Gasteiger charge is -2.18. The number of aliphatic carboxylic acids is 1. The summed E-state index contributed by atoms with van der Waals surface area (Å²) in [7, 11) is 0. The molecule has 0 bridgehead atoms. The lowest BCUT2D eigenvalue weighted by Crippen LogP contribution is -2.24. The predicted octanol–water partition coefficient (Wildman–Crippen LogP) is 2.74. The summed E-state index contributed by atoms with van der Waals surface area (Å²) < 4.78 is 5.87. The van der Waals surface area contributed by atoms with Crippen molar-refractivity contribution in [3.05, 3.63) is 41.8 Å². The molecule has 23 heavy (non-hydrogen) atoms. The third kappa shape index (κ3) is 2.56. The molecule has 1 N–H and O–H groups in total. The van der Waals surface area contributed by atoms with Crippen molar-refractivity contribution < 1.29 is 19.1 Å². The maximum atomic E-state index is 12.4. The first kappa shape index (κ1) is 14.2. The fourth-order valence-corrected chi connectivity index (χ4v) is 3.41. The maximum absolute atomic E-state index is 12.4. The Balaban J connectivity index is 1.51. The standard InChI is InChI=1S/C18H17NO4/c20-16(12-9-13(12)18(21)22)11-6-7-14-15(8-11)23-17(19-14)10-4-2-1-3-5-10/h1-5,11-13H,6-9H2,(H,21,22). The van der Waals surface area contributed by atoms with Gasteiger partial charge in [-0.1, -0.05) is 18.2 Å². The van der Waals surface area contributed by atoms with Gasteiger partial charge in [0.1, 0.15) is 11.5 Å². The SMILES string of the molecule is O=C(O)C1CC1C(=O)C1CCc2nc(-c3ccccc3)oc2C1. The lowest BCUT2D eigenvalue weighted by molar-refractivity contribution is -0.140. The molecule has 2 aliphatic carbocycles. The van der Waals surface area contributed by atoms with Crippen LogP contribution in [0, 0.1) is 17.8 Å². The summed E-state index contributed by atoms with van der Waals surface area (Å²) >= 11 is 0. The Labute approximate surface area is 133 Å². The minimum absolute atomic E-state index is 0.0840. The number of aromatic nitrogens is 1. The molecule has 0 spiro atoms. The van der Waals surface area contributed by atoms with Gasteiger partial charge in [0.2, 0.25) is 5.89 Å². The highest BCUT2D eigenvalue weighted by atomic mass is 16.4. The topological polar surface area (TPSA) is 80.4 Å². The molecule has 0 saturated heterocycles. The highest BCUT2D eigenvalue weighted by Gasteiger charge is 2.50. The van der Waals surface area contributed by atoms with Crippen LogP contribution in [0.2, 0.25) is 0 Å². The average Bonchev–Trinajstić information content (AvgIpc) is 3.26. The van der Waals surface area contributed by atoms with Crippen LogP contribution < -0.4 is 0 Å². The Morgan fingerprint density at radius 3 is 2.65 bits per heavy atom. The summed E-state index contributed by atoms with van der Waals surface area (Å²) in [5, 5.41) is 8.98. The number of Topliss-reactive ketones (excluding diaryl/α,β-unsaturated/α-hetero) is 1. The first-order valence-corrected chi connectivity index (χ1v) is 7.94. The smallest absolute Gasteiger partial charge is 0.307 e. The molecule has 0 aliphatic heterocycles. The van der Waals surface area contributed by atoms with Gasteiger partial charge in [0.25, 0.3) is 0 Å². The van der Waals surface area contributed by atoms with Crippen LogP contribution in [0.5, 0.6) is 0 Å². The van der Waals surface area contributed by atoms with Crippen LogP contribution in [0.1, 0.15) is 24.3 Å². The van der Waals surface area contributed by atoms with Crippen molar-refractivity contribution in [3.8, 4) is 11.5 Å². The van der Waals surface area contributed by atoms with Gasteiger partial charge >= 0.3 is 5.97 Å². The number of rotatable bonds is 4. The van der Waals surface area contributed by atoms with E-state index >= 15 is 0 Å². The number of aryl methyl sites for hydroxylation is 1. The number of carboxylic acid groups (broad SMARTS) is 1. The van der Waals surface area contributed by atoms with Crippen molar-refractivity contribution in [2.24, 2.45) is 17.8 Å². The van der Waals surface area contributed by atoms with Crippen LogP contribution in [-0.4, -0.2) is 21.8 Å². The highest BCUT2D eigenvalue weighted by Crippen LogP contribution is 2.43. The zero-order valence-corrected chi connectivity index (χ0v) is 12.6. The molecule has 0 amide bonds. The maximum Gasteiger partial charge on any atom is 0.307 e. The summed E-state index contributed by atoms with van der Waals surface area (Å²) in [6.45, 7) is 0. The molecule has 0 radical (unpaired) electrons. The second-order valence-electron chi connectivity index (χ2n) is 6.38. The summed E-state index contributed by atoms with van der Waals surface area (Å²) in [5.41, 5.74) is 1.86. The Morgan fingerprint density at radius 1 is 1.17 bits per heavy atom. The number of hydrogen-bond donors (Lipinski definition) is 1. The zero-order chi connectivity index (χ0) is 16.0. The highest BCUT2D eigenvalue weighted by molar-refractivity contribution is 5.92. The second-order valence-corrected chi connectivity index (χ2v) is 6.38. The molecule has 1 heterocycles. The second kappa shape index (κ2) is 5.33. The Bertz CT molecular complexity index is 765. The Kier molecular flexibility index (Phi) is 3.29. The molecule has 5 heteroatoms. The van der Waals surface area contributed by atoms with Crippen LogP contribution >= 0.6 is 0 Å². The number of ketones is 1. The van der Waals surface area contributed by atoms with Crippen LogP contribution in [0.4, 0.5) is 0 Å². The van der Waals surface area contributed by atoms with Gasteiger partial charge in [0.05, 0.1) is 11.6 Å². The van der Waals surface area contributed by atoms with Gasteiger partial charge in [-0.25, -0.2) is 4.98 Å². The molecule has 3 unspecified atom stereocenters. The largest absolute Gasteiger partial charge is 0.481 e. The molecule has 1 aromatic carbocycles. The molecular weight excluding hydrogens is 294 g/mol. The molecular formula is C18H17NO4. The van der Waals surface area contributed by atoms with Crippen molar-refractivity contribution in [2.45, 2.75) is 25.7 Å². The molecule has 118 valence electrons. The minimum atomic E-state index is -0.856. The van der Waals surface area contributed by atoms with E-state index in [1.54, 1.807) is 0 Å². The predicted molar refractivity (Wildman–Crippen MR) is 81.7 cm³/mol. The fourth-order valence-electron chi connectivity index (χ4n) is 3.41. The van der Waals surface area contributed by atoms with Crippen LogP contribution in [0.3, 0.4) is 0 Å². The normalized spacial score (nSPS) is 25.7. The van der Waals surface area contributed by atoms with Gasteiger partial charge in [-0.3, -0.25) is 9.59 Å². The first-order chi connectivity index (χ1) is 11.1. The van der Waals surface area contributed by atoms with Gasteiger partial charge in [-0.05, 0) is 31.4 Å². The van der Waals surface area contributed by atoms with E-state index in [1.165, 1.54) is 0 Å². The van der Waals surface area contributed by atoms with Crippen molar-refractivity contribution in [2.75, 3.05) is 0 Å². The third-order valence-corrected chi connectivity index (χ3v) is 4.84. The Morgan fingerprint density at radius 2 is 1.96 bits per heavy atom. The van der Waals surface area contributed by atoms with E-state index in [0.717, 1.165) is 23.4 Å². The number of nitrogens with zero attached hydrogens (tertiary/aromatic N) is 1. The summed E-state index contributed by atoms with van der Waals surface area (Å²) in [5.74, 6) is -0.298. The van der Waals surface area contributed by atoms with E-state index < -0.39 is 11.9 Å². The summed E-state index contributed by atoms with van der Waals surface area (Å²) in [6, 6.07) is 9.70. The van der Waals surface area contributed by atoms with Crippen molar-refractivity contribution in [1.82, 2.24) is 4.98 Å². The molecule has 1 fully saturated rings. The molecule has 1 aromatic heterocycles. The fraction of sp³-hybridized carbons (Fsp3) is 0.389. The number of fused-ring (bicyclic) bond motifs is 1. The number of carbonyl (C=O) groups is 2. The summed E-state index contributed by atoms with van der Waals surface area (Å²) in [6.07, 6.45) is 2.47. The first-order valence-electron chi connectivity index (χ1n) is 7.94. The minimum Gasteiger partial charge on any atom is -0.481 e. The van der Waals surface area contributed by atoms with Crippen LogP contribution in [0.15, 0.2) is 34.7 Å². The monoisotopic (exact) mass is 311 g/mol. The number of carboxylic acids is 1. The molecule has 1 saturated carbocycles. The third-order valence-electron chi connectivity index (χ3n) is 4.84. The van der Waals surface area contributed by atoms with Crippen LogP contribution in [-0.2, 0) is 22.4 Å². The number of oxazole rings is 1. The van der Waals surface area contributed by atoms with Gasteiger partial charge in [0.15, 0.2) is 0 Å². The number of hydrogen-bond acceptors (Lipinski definition) is 4. The number of carbonyl (C=O) groups excluding carboxylic acids is 1. The number of benzene rings is 1. The summed E-state index contributed by atoms with van der Waals surface area (Å²) in [4.78, 5) is 27.9. The van der Waals surface area contributed by atoms with Gasteiger partial charge in [-0.2, -0.15) is 0 Å². The van der Waals surface area contributed by atoms with Gasteiger partial charge < -0.3 is 9.52 Å². The van der Waals surface area contributed by atoms with Crippen molar-refractivity contribution in [3.63, 3.8) is 0 Å². The molecule has 3 atom stereocenters. The quantitative estimate of drug-likeness (QED) is 0.939. The molecule has 4 rings (SSSR count). The van der Waals surface area contributed by atoms with Crippen LogP contribution in [0.25, 0.3) is 11.5 Å². The van der Waals surface area contributed by atoms with E-state index in [9.17, 15) is 9.59 Å². The van der Waals surface area contributed by atoms with E-state index in [1.807, 2.05) is 30.3 Å². The lowest BCUT2D eigenvalue weighted by atomic mass is 9.85. The average molecular weight is 311 g/mol. The van der Waals surface area contributed by atoms with Gasteiger partial charge in [-0.15, -0.1) is 0 Å². The van der Waals surface area contributed by atoms with Gasteiger partial charge in [0, 0.05) is 23.8 Å². The molecule has 5 nitrogen and oxygen atoms in total. The zero-order valence-electron chi connectivity index (χ0n) is 12.6. The Hall–Kier alpha value is -2.43. The van der Waals surface area contributed by atoms with E-state index in [2.05, 4.69) is 4.98 Å². The van der Waals surface area contributed by atoms with Crippen molar-refractivity contribution >= 4 is 11.8 Å². The molecule has 2 aliphatic rings. The molecule has 2 aromatic rings. The van der Waals surface area contributed by atoms with E-state index in [-0.39, 0.29) is 17.6 Å². The van der Waals surface area contributed by atoms with Crippen molar-refractivity contribution in [1.29, 1.82) is 0 Å².